The average Bonchev–Trinajstić information content (AvgIpc) is 2.86. The lowest BCUT2D eigenvalue weighted by Gasteiger charge is -2.07. The fraction of sp³-hybridized carbons (Fsp3) is 0.500. The van der Waals surface area contributed by atoms with Gasteiger partial charge >= 0.3 is 0 Å². The summed E-state index contributed by atoms with van der Waals surface area (Å²) in [7, 11) is 2.16. The summed E-state index contributed by atoms with van der Waals surface area (Å²) >= 11 is 6.06. The molecule has 0 aromatic carbocycles. The van der Waals surface area contributed by atoms with Crippen molar-refractivity contribution in [3.8, 4) is 0 Å². The Labute approximate surface area is 105 Å². The first-order valence-corrected chi connectivity index (χ1v) is 6.29. The molecule has 90 valence electrons. The molecule has 5 heteroatoms. The van der Waals surface area contributed by atoms with Gasteiger partial charge in [0.05, 0.1) is 0 Å². The molecule has 0 radical (unpaired) electrons. The minimum absolute atomic E-state index is 0.616. The van der Waals surface area contributed by atoms with Crippen molar-refractivity contribution in [3.63, 3.8) is 0 Å². The fourth-order valence-corrected chi connectivity index (χ4v) is 2.65. The molecule has 1 fully saturated rings. The Bertz CT molecular complexity index is 536. The Hall–Kier alpha value is -1.13. The maximum absolute atomic E-state index is 6.06. The minimum Gasteiger partial charge on any atom is -0.306 e. The number of pyridine rings is 1. The van der Waals surface area contributed by atoms with Crippen molar-refractivity contribution in [2.75, 3.05) is 20.1 Å². The molecular weight excluding hydrogens is 236 g/mol. The molecule has 3 heterocycles. The van der Waals surface area contributed by atoms with E-state index >= 15 is 0 Å². The Morgan fingerprint density at radius 3 is 3.06 bits per heavy atom. The second kappa shape index (κ2) is 4.27. The highest BCUT2D eigenvalue weighted by Crippen LogP contribution is 2.19. The lowest BCUT2D eigenvalue weighted by Crippen LogP contribution is -2.15. The van der Waals surface area contributed by atoms with E-state index in [1.807, 2.05) is 18.2 Å². The normalized spacial score (nSPS) is 21.4. The van der Waals surface area contributed by atoms with E-state index in [4.69, 9.17) is 11.6 Å². The van der Waals surface area contributed by atoms with Gasteiger partial charge in [0.1, 0.15) is 5.15 Å². The first-order valence-electron chi connectivity index (χ1n) is 5.91. The molecule has 0 spiro atoms. The van der Waals surface area contributed by atoms with Crippen LogP contribution >= 0.6 is 11.6 Å². The van der Waals surface area contributed by atoms with Gasteiger partial charge in [-0.1, -0.05) is 17.7 Å². The summed E-state index contributed by atoms with van der Waals surface area (Å²) in [6.45, 7) is 2.32. The second-order valence-electron chi connectivity index (χ2n) is 4.77. The summed E-state index contributed by atoms with van der Waals surface area (Å²) in [4.78, 5) is 6.87. The number of aromatic nitrogens is 3. The summed E-state index contributed by atoms with van der Waals surface area (Å²) in [5.41, 5.74) is 0.832. The minimum atomic E-state index is 0.616. The third-order valence-corrected chi connectivity index (χ3v) is 3.60. The van der Waals surface area contributed by atoms with Crippen molar-refractivity contribution in [1.29, 1.82) is 0 Å². The van der Waals surface area contributed by atoms with Crippen LogP contribution in [-0.4, -0.2) is 39.6 Å². The van der Waals surface area contributed by atoms with E-state index in [1.165, 1.54) is 13.0 Å². The van der Waals surface area contributed by atoms with Crippen molar-refractivity contribution in [2.24, 2.45) is 5.92 Å². The van der Waals surface area contributed by atoms with Gasteiger partial charge in [-0.3, -0.25) is 0 Å². The van der Waals surface area contributed by atoms with Gasteiger partial charge in [-0.15, -0.1) is 5.10 Å². The highest BCUT2D eigenvalue weighted by atomic mass is 35.5. The molecular formula is C12H15ClN4. The van der Waals surface area contributed by atoms with Crippen LogP contribution in [0.4, 0.5) is 0 Å². The summed E-state index contributed by atoms with van der Waals surface area (Å²) in [5, 5.41) is 5.07. The molecule has 17 heavy (non-hydrogen) atoms. The standard InChI is InChI=1S/C12H15ClN4/c1-16-6-5-9(8-16)7-11-14-12-4-2-3-10(13)17(12)15-11/h2-4,9H,5-8H2,1H3. The van der Waals surface area contributed by atoms with Crippen LogP contribution in [0, 0.1) is 5.92 Å². The number of hydrogen-bond acceptors (Lipinski definition) is 3. The molecule has 1 saturated heterocycles. The predicted molar refractivity (Wildman–Crippen MR) is 67.3 cm³/mol. The molecule has 0 N–H and O–H groups in total. The van der Waals surface area contributed by atoms with Crippen molar-refractivity contribution in [3.05, 3.63) is 29.2 Å². The number of fused-ring (bicyclic) bond motifs is 1. The van der Waals surface area contributed by atoms with Crippen LogP contribution in [0.2, 0.25) is 5.15 Å². The zero-order valence-electron chi connectivity index (χ0n) is 9.80. The average molecular weight is 251 g/mol. The van der Waals surface area contributed by atoms with Crippen molar-refractivity contribution in [1.82, 2.24) is 19.5 Å². The smallest absolute Gasteiger partial charge is 0.157 e. The van der Waals surface area contributed by atoms with E-state index < -0.39 is 0 Å². The molecule has 1 unspecified atom stereocenters. The molecule has 2 aromatic rings. The van der Waals surface area contributed by atoms with Crippen molar-refractivity contribution >= 4 is 17.2 Å². The van der Waals surface area contributed by atoms with Crippen LogP contribution < -0.4 is 0 Å². The van der Waals surface area contributed by atoms with Crippen LogP contribution in [0.15, 0.2) is 18.2 Å². The largest absolute Gasteiger partial charge is 0.306 e. The van der Waals surface area contributed by atoms with Gasteiger partial charge in [0.15, 0.2) is 11.5 Å². The number of likely N-dealkylation sites (tertiary alicyclic amines) is 1. The first kappa shape index (κ1) is 11.0. The molecule has 2 aromatic heterocycles. The van der Waals surface area contributed by atoms with Gasteiger partial charge in [-0.25, -0.2) is 9.50 Å². The zero-order chi connectivity index (χ0) is 11.8. The molecule has 0 aliphatic carbocycles. The molecule has 1 atom stereocenters. The molecule has 0 bridgehead atoms. The highest BCUT2D eigenvalue weighted by Gasteiger charge is 2.21. The van der Waals surface area contributed by atoms with Crippen LogP contribution in [0.5, 0.6) is 0 Å². The number of halogens is 1. The molecule has 1 aliphatic rings. The maximum atomic E-state index is 6.06. The fourth-order valence-electron chi connectivity index (χ4n) is 2.46. The Kier molecular flexibility index (Phi) is 2.76. The van der Waals surface area contributed by atoms with Gasteiger partial charge < -0.3 is 4.90 Å². The first-order chi connectivity index (χ1) is 8.22. The van der Waals surface area contributed by atoms with E-state index in [0.717, 1.165) is 24.4 Å². The summed E-state index contributed by atoms with van der Waals surface area (Å²) in [6.07, 6.45) is 2.18. The van der Waals surface area contributed by atoms with Crippen LogP contribution in [0.3, 0.4) is 0 Å². The van der Waals surface area contributed by atoms with E-state index in [0.29, 0.717) is 11.1 Å². The van der Waals surface area contributed by atoms with E-state index in [9.17, 15) is 0 Å². The van der Waals surface area contributed by atoms with Crippen molar-refractivity contribution in [2.45, 2.75) is 12.8 Å². The molecule has 0 saturated carbocycles. The number of nitrogens with zero attached hydrogens (tertiary/aromatic N) is 4. The Morgan fingerprint density at radius 2 is 2.35 bits per heavy atom. The van der Waals surface area contributed by atoms with Gasteiger partial charge in [0, 0.05) is 13.0 Å². The number of hydrogen-bond donors (Lipinski definition) is 0. The lowest BCUT2D eigenvalue weighted by atomic mass is 10.1. The van der Waals surface area contributed by atoms with Crippen LogP contribution in [0.25, 0.3) is 5.65 Å². The Balaban J connectivity index is 1.84. The van der Waals surface area contributed by atoms with Gasteiger partial charge in [0.2, 0.25) is 0 Å². The van der Waals surface area contributed by atoms with Crippen LogP contribution in [-0.2, 0) is 6.42 Å². The second-order valence-corrected chi connectivity index (χ2v) is 5.15. The number of rotatable bonds is 2. The quantitative estimate of drug-likeness (QED) is 0.763. The SMILES string of the molecule is CN1CCC(Cc2nc3cccc(Cl)n3n2)C1. The summed E-state index contributed by atoms with van der Waals surface area (Å²) < 4.78 is 1.70. The summed E-state index contributed by atoms with van der Waals surface area (Å²) in [5.74, 6) is 1.58. The van der Waals surface area contributed by atoms with E-state index in [-0.39, 0.29) is 0 Å². The van der Waals surface area contributed by atoms with Crippen molar-refractivity contribution < 1.29 is 0 Å². The third kappa shape index (κ3) is 2.15. The van der Waals surface area contributed by atoms with Crippen LogP contribution in [0.1, 0.15) is 12.2 Å². The van der Waals surface area contributed by atoms with E-state index in [1.54, 1.807) is 4.52 Å². The zero-order valence-corrected chi connectivity index (χ0v) is 10.6. The monoisotopic (exact) mass is 250 g/mol. The van der Waals surface area contributed by atoms with E-state index in [2.05, 4.69) is 22.0 Å². The topological polar surface area (TPSA) is 33.4 Å². The Morgan fingerprint density at radius 1 is 1.47 bits per heavy atom. The predicted octanol–water partition coefficient (Wildman–Crippen LogP) is 1.88. The lowest BCUT2D eigenvalue weighted by molar-refractivity contribution is 0.392. The molecule has 3 rings (SSSR count). The molecule has 4 nitrogen and oxygen atoms in total. The molecule has 0 amide bonds. The molecule has 1 aliphatic heterocycles. The van der Waals surface area contributed by atoms with Gasteiger partial charge in [0.25, 0.3) is 0 Å². The van der Waals surface area contributed by atoms with Gasteiger partial charge in [-0.05, 0) is 38.1 Å². The third-order valence-electron chi connectivity index (χ3n) is 3.32. The summed E-state index contributed by atoms with van der Waals surface area (Å²) in [6, 6.07) is 5.67. The maximum Gasteiger partial charge on any atom is 0.157 e. The van der Waals surface area contributed by atoms with Gasteiger partial charge in [-0.2, -0.15) is 0 Å². The highest BCUT2D eigenvalue weighted by molar-refractivity contribution is 6.29.